The highest BCUT2D eigenvalue weighted by molar-refractivity contribution is 5.33. The van der Waals surface area contributed by atoms with Crippen molar-refractivity contribution < 1.29 is 9.84 Å². The minimum atomic E-state index is 0.193. The lowest BCUT2D eigenvalue weighted by atomic mass is 10.2. The molecule has 0 amide bonds. The van der Waals surface area contributed by atoms with Gasteiger partial charge in [0.25, 0.3) is 0 Å². The second-order valence-corrected chi connectivity index (χ2v) is 3.34. The largest absolute Gasteiger partial charge is 0.396 e. The maximum Gasteiger partial charge on any atom is 0.109 e. The Balaban J connectivity index is 2.12. The Kier molecular flexibility index (Phi) is 7.43. The number of hydrogen-bond acceptors (Lipinski definition) is 2. The summed E-state index contributed by atoms with van der Waals surface area (Å²) in [6.45, 7) is 0.983. The number of hydrogen-bond donors (Lipinski definition) is 1. The normalized spacial score (nSPS) is 8.76. The van der Waals surface area contributed by atoms with Crippen molar-refractivity contribution in [1.82, 2.24) is 0 Å². The van der Waals surface area contributed by atoms with E-state index in [1.165, 1.54) is 0 Å². The first-order valence-electron chi connectivity index (χ1n) is 5.61. The summed E-state index contributed by atoms with van der Waals surface area (Å²) in [7, 11) is 0. The summed E-state index contributed by atoms with van der Waals surface area (Å²) in [5.41, 5.74) is 0.991. The van der Waals surface area contributed by atoms with Gasteiger partial charge < -0.3 is 9.84 Å². The summed E-state index contributed by atoms with van der Waals surface area (Å²) in [4.78, 5) is 0. The van der Waals surface area contributed by atoms with E-state index in [4.69, 9.17) is 9.84 Å². The predicted octanol–water partition coefficient (Wildman–Crippen LogP) is 1.83. The maximum atomic E-state index is 8.53. The molecule has 17 heavy (non-hydrogen) atoms. The lowest BCUT2D eigenvalue weighted by Gasteiger charge is -1.90. The SMILES string of the molecule is OCCCC#CCOCC#Cc1ccccc1. The van der Waals surface area contributed by atoms with E-state index >= 15 is 0 Å². The van der Waals surface area contributed by atoms with Gasteiger partial charge in [-0.15, -0.1) is 5.92 Å². The first-order valence-corrected chi connectivity index (χ1v) is 5.61. The summed E-state index contributed by atoms with van der Waals surface area (Å²) in [6.07, 6.45) is 1.44. The highest BCUT2D eigenvalue weighted by atomic mass is 16.5. The maximum absolute atomic E-state index is 8.53. The highest BCUT2D eigenvalue weighted by Crippen LogP contribution is 1.94. The van der Waals surface area contributed by atoms with Crippen molar-refractivity contribution in [3.8, 4) is 23.7 Å². The molecule has 0 fully saturated rings. The van der Waals surface area contributed by atoms with Crippen LogP contribution in [0.1, 0.15) is 18.4 Å². The zero-order chi connectivity index (χ0) is 12.2. The van der Waals surface area contributed by atoms with Crippen molar-refractivity contribution in [1.29, 1.82) is 0 Å². The Morgan fingerprint density at radius 3 is 2.53 bits per heavy atom. The van der Waals surface area contributed by atoms with Crippen molar-refractivity contribution in [3.63, 3.8) is 0 Å². The topological polar surface area (TPSA) is 29.5 Å². The van der Waals surface area contributed by atoms with Crippen molar-refractivity contribution in [3.05, 3.63) is 35.9 Å². The molecular formula is C15H16O2. The Morgan fingerprint density at radius 1 is 1.00 bits per heavy atom. The molecular weight excluding hydrogens is 212 g/mol. The lowest BCUT2D eigenvalue weighted by Crippen LogP contribution is -1.91. The summed E-state index contributed by atoms with van der Waals surface area (Å²) < 4.78 is 5.23. The van der Waals surface area contributed by atoms with Crippen molar-refractivity contribution in [2.45, 2.75) is 12.8 Å². The number of ether oxygens (including phenoxy) is 1. The van der Waals surface area contributed by atoms with Crippen LogP contribution in [0.15, 0.2) is 30.3 Å². The van der Waals surface area contributed by atoms with Gasteiger partial charge in [0.15, 0.2) is 0 Å². The Bertz CT molecular complexity index is 415. The smallest absolute Gasteiger partial charge is 0.109 e. The molecule has 0 spiro atoms. The quantitative estimate of drug-likeness (QED) is 0.629. The van der Waals surface area contributed by atoms with Crippen LogP contribution in [0.5, 0.6) is 0 Å². The third kappa shape index (κ3) is 7.19. The molecule has 1 N–H and O–H groups in total. The zero-order valence-electron chi connectivity index (χ0n) is 9.78. The van der Waals surface area contributed by atoms with Crippen LogP contribution in [-0.4, -0.2) is 24.9 Å². The van der Waals surface area contributed by atoms with Gasteiger partial charge >= 0.3 is 0 Å². The highest BCUT2D eigenvalue weighted by Gasteiger charge is 1.82. The molecule has 0 aliphatic carbocycles. The van der Waals surface area contributed by atoms with E-state index in [0.717, 1.165) is 18.4 Å². The number of aliphatic hydroxyl groups is 1. The second-order valence-electron chi connectivity index (χ2n) is 3.34. The Hall–Kier alpha value is -1.74. The molecule has 88 valence electrons. The molecule has 2 nitrogen and oxygen atoms in total. The Labute approximate surface area is 103 Å². The third-order valence-electron chi connectivity index (χ3n) is 1.94. The van der Waals surface area contributed by atoms with Gasteiger partial charge in [-0.3, -0.25) is 0 Å². The molecule has 0 aliphatic rings. The summed E-state index contributed by atoms with van der Waals surface area (Å²) in [6, 6.07) is 9.79. The van der Waals surface area contributed by atoms with Crippen LogP contribution < -0.4 is 0 Å². The van der Waals surface area contributed by atoms with Crippen LogP contribution in [0.3, 0.4) is 0 Å². The van der Waals surface area contributed by atoms with Crippen LogP contribution in [0.2, 0.25) is 0 Å². The molecule has 2 heteroatoms. The fourth-order valence-corrected chi connectivity index (χ4v) is 1.12. The number of unbranched alkanes of at least 4 members (excludes halogenated alkanes) is 1. The van der Waals surface area contributed by atoms with Crippen molar-refractivity contribution >= 4 is 0 Å². The molecule has 0 atom stereocenters. The molecule has 0 bridgehead atoms. The van der Waals surface area contributed by atoms with Gasteiger partial charge in [-0.2, -0.15) is 0 Å². The molecule has 0 aliphatic heterocycles. The van der Waals surface area contributed by atoms with Gasteiger partial charge in [-0.25, -0.2) is 0 Å². The molecule has 0 heterocycles. The van der Waals surface area contributed by atoms with E-state index in [-0.39, 0.29) is 6.61 Å². The molecule has 0 unspecified atom stereocenters. The van der Waals surface area contributed by atoms with Crippen molar-refractivity contribution in [2.75, 3.05) is 19.8 Å². The lowest BCUT2D eigenvalue weighted by molar-refractivity contribution is 0.204. The fourth-order valence-electron chi connectivity index (χ4n) is 1.12. The van der Waals surface area contributed by atoms with Crippen molar-refractivity contribution in [2.24, 2.45) is 0 Å². The number of aliphatic hydroxyl groups excluding tert-OH is 1. The Morgan fingerprint density at radius 2 is 1.76 bits per heavy atom. The summed E-state index contributed by atoms with van der Waals surface area (Å²) in [5, 5.41) is 8.53. The molecule has 0 aromatic heterocycles. The fraction of sp³-hybridized carbons (Fsp3) is 0.333. The van der Waals surface area contributed by atoms with E-state index in [0.29, 0.717) is 13.2 Å². The summed E-state index contributed by atoms with van der Waals surface area (Å²) in [5.74, 6) is 11.7. The minimum Gasteiger partial charge on any atom is -0.396 e. The van der Waals surface area contributed by atoms with E-state index in [1.54, 1.807) is 0 Å². The first-order chi connectivity index (χ1) is 8.43. The second kappa shape index (κ2) is 9.48. The molecule has 0 saturated heterocycles. The van der Waals surface area contributed by atoms with E-state index in [1.807, 2.05) is 30.3 Å². The number of rotatable bonds is 4. The monoisotopic (exact) mass is 228 g/mol. The molecule has 0 saturated carbocycles. The van der Waals surface area contributed by atoms with Gasteiger partial charge in [0.1, 0.15) is 13.2 Å². The average Bonchev–Trinajstić information content (AvgIpc) is 2.38. The molecule has 1 aromatic rings. The molecule has 1 rings (SSSR count). The van der Waals surface area contributed by atoms with Crippen LogP contribution in [0, 0.1) is 23.7 Å². The van der Waals surface area contributed by atoms with Crippen LogP contribution >= 0.6 is 0 Å². The molecule has 0 radical (unpaired) electrons. The summed E-state index contributed by atoms with van der Waals surface area (Å²) >= 11 is 0. The van der Waals surface area contributed by atoms with Crippen LogP contribution in [0.25, 0.3) is 0 Å². The van der Waals surface area contributed by atoms with Gasteiger partial charge in [0.05, 0.1) is 0 Å². The molecule has 1 aromatic carbocycles. The average molecular weight is 228 g/mol. The van der Waals surface area contributed by atoms with Gasteiger partial charge in [-0.1, -0.05) is 36.0 Å². The third-order valence-corrected chi connectivity index (χ3v) is 1.94. The van der Waals surface area contributed by atoms with Gasteiger partial charge in [0, 0.05) is 18.6 Å². The van der Waals surface area contributed by atoms with Crippen LogP contribution in [-0.2, 0) is 4.74 Å². The first kappa shape index (κ1) is 13.3. The standard InChI is InChI=1S/C15H16O2/c16-12-6-1-2-7-13-17-14-8-11-15-9-4-3-5-10-15/h3-5,9-10,16H,1,6,12-14H2. The van der Waals surface area contributed by atoms with E-state index in [2.05, 4.69) is 23.7 Å². The minimum absolute atomic E-state index is 0.193. The van der Waals surface area contributed by atoms with Gasteiger partial charge in [-0.05, 0) is 18.6 Å². The van der Waals surface area contributed by atoms with Gasteiger partial charge in [0.2, 0.25) is 0 Å². The predicted molar refractivity (Wildman–Crippen MR) is 68.2 cm³/mol. The zero-order valence-corrected chi connectivity index (χ0v) is 9.78. The number of benzene rings is 1. The van der Waals surface area contributed by atoms with Crippen LogP contribution in [0.4, 0.5) is 0 Å². The van der Waals surface area contributed by atoms with E-state index in [9.17, 15) is 0 Å². The van der Waals surface area contributed by atoms with E-state index < -0.39 is 0 Å².